The molecule has 0 heterocycles. The predicted molar refractivity (Wildman–Crippen MR) is 67.3 cm³/mol. The fourth-order valence-corrected chi connectivity index (χ4v) is 2.16. The number of sulfone groups is 1. The Morgan fingerprint density at radius 1 is 1.12 bits per heavy atom. The van der Waals surface area contributed by atoms with Gasteiger partial charge in [-0.05, 0) is 29.5 Å². The first-order chi connectivity index (χ1) is 7.24. The molecule has 0 saturated carbocycles. The molecule has 0 N–H and O–H groups in total. The molecule has 1 aromatic carbocycles. The van der Waals surface area contributed by atoms with E-state index in [-0.39, 0.29) is 5.41 Å². The van der Waals surface area contributed by atoms with Gasteiger partial charge in [-0.15, -0.1) is 0 Å². The minimum Gasteiger partial charge on any atom is -0.224 e. The summed E-state index contributed by atoms with van der Waals surface area (Å²) in [5.41, 5.74) is 1.46. The monoisotopic (exact) mass is 240 g/mol. The van der Waals surface area contributed by atoms with Crippen molar-refractivity contribution >= 4 is 9.84 Å². The van der Waals surface area contributed by atoms with Gasteiger partial charge in [-0.1, -0.05) is 39.3 Å². The smallest absolute Gasteiger partial charge is 0.175 e. The zero-order valence-corrected chi connectivity index (χ0v) is 11.3. The SMILES string of the molecule is CCC(C)(C)Cc1ccc(S(C)(=O)=O)cc1. The van der Waals surface area contributed by atoms with Gasteiger partial charge in [0.25, 0.3) is 0 Å². The summed E-state index contributed by atoms with van der Waals surface area (Å²) >= 11 is 0. The molecule has 1 aromatic rings. The lowest BCUT2D eigenvalue weighted by atomic mass is 9.83. The Hall–Kier alpha value is -0.830. The van der Waals surface area contributed by atoms with Gasteiger partial charge in [-0.2, -0.15) is 0 Å². The highest BCUT2D eigenvalue weighted by Gasteiger charge is 2.16. The lowest BCUT2D eigenvalue weighted by Crippen LogP contribution is -2.13. The third kappa shape index (κ3) is 3.63. The predicted octanol–water partition coefficient (Wildman–Crippen LogP) is 3.07. The summed E-state index contributed by atoms with van der Waals surface area (Å²) in [6.45, 7) is 6.61. The second-order valence-electron chi connectivity index (χ2n) is 5.11. The van der Waals surface area contributed by atoms with Gasteiger partial charge >= 0.3 is 0 Å². The molecule has 0 bridgehead atoms. The molecule has 0 radical (unpaired) electrons. The van der Waals surface area contributed by atoms with E-state index < -0.39 is 9.84 Å². The highest BCUT2D eigenvalue weighted by atomic mass is 32.2. The van der Waals surface area contributed by atoms with Crippen LogP contribution in [0.2, 0.25) is 0 Å². The van der Waals surface area contributed by atoms with Gasteiger partial charge in [0.05, 0.1) is 4.90 Å². The molecule has 0 aliphatic rings. The van der Waals surface area contributed by atoms with E-state index in [2.05, 4.69) is 20.8 Å². The van der Waals surface area contributed by atoms with Gasteiger partial charge in [0.1, 0.15) is 0 Å². The van der Waals surface area contributed by atoms with E-state index >= 15 is 0 Å². The molecule has 0 aliphatic heterocycles. The van der Waals surface area contributed by atoms with Crippen molar-refractivity contribution in [2.24, 2.45) is 5.41 Å². The van der Waals surface area contributed by atoms with E-state index in [4.69, 9.17) is 0 Å². The van der Waals surface area contributed by atoms with Crippen molar-refractivity contribution in [3.05, 3.63) is 29.8 Å². The van der Waals surface area contributed by atoms with Crippen molar-refractivity contribution in [2.45, 2.75) is 38.5 Å². The van der Waals surface area contributed by atoms with Crippen LogP contribution in [-0.4, -0.2) is 14.7 Å². The average molecular weight is 240 g/mol. The van der Waals surface area contributed by atoms with Crippen LogP contribution in [0.3, 0.4) is 0 Å². The van der Waals surface area contributed by atoms with Gasteiger partial charge in [0.15, 0.2) is 9.84 Å². The van der Waals surface area contributed by atoms with E-state index in [9.17, 15) is 8.42 Å². The van der Waals surface area contributed by atoms with Crippen LogP contribution in [0.1, 0.15) is 32.8 Å². The molecule has 0 saturated heterocycles. The summed E-state index contributed by atoms with van der Waals surface area (Å²) in [4.78, 5) is 0.394. The maximum atomic E-state index is 11.3. The Balaban J connectivity index is 2.89. The Bertz CT molecular complexity index is 441. The first-order valence-electron chi connectivity index (χ1n) is 5.53. The minimum atomic E-state index is -3.07. The summed E-state index contributed by atoms with van der Waals surface area (Å²) < 4.78 is 22.6. The highest BCUT2D eigenvalue weighted by Crippen LogP contribution is 2.25. The number of benzene rings is 1. The molecular weight excluding hydrogens is 220 g/mol. The fraction of sp³-hybridized carbons (Fsp3) is 0.538. The van der Waals surface area contributed by atoms with E-state index in [0.29, 0.717) is 4.90 Å². The standard InChI is InChI=1S/C13H20O2S/c1-5-13(2,3)10-11-6-8-12(9-7-11)16(4,14)15/h6-9H,5,10H2,1-4H3. The van der Waals surface area contributed by atoms with Crippen LogP contribution in [0, 0.1) is 5.41 Å². The quantitative estimate of drug-likeness (QED) is 0.810. The van der Waals surface area contributed by atoms with Crippen molar-refractivity contribution in [1.82, 2.24) is 0 Å². The van der Waals surface area contributed by atoms with Crippen molar-refractivity contribution in [3.63, 3.8) is 0 Å². The van der Waals surface area contributed by atoms with Crippen LogP contribution in [0.5, 0.6) is 0 Å². The van der Waals surface area contributed by atoms with E-state index in [1.54, 1.807) is 12.1 Å². The third-order valence-electron chi connectivity index (χ3n) is 2.99. The molecule has 1 rings (SSSR count). The molecule has 0 amide bonds. The Labute approximate surface area is 98.6 Å². The topological polar surface area (TPSA) is 34.1 Å². The number of rotatable bonds is 4. The fourth-order valence-electron chi connectivity index (χ4n) is 1.53. The Kier molecular flexibility index (Phi) is 3.79. The van der Waals surface area contributed by atoms with Crippen LogP contribution in [0.25, 0.3) is 0 Å². The van der Waals surface area contributed by atoms with Gasteiger partial charge < -0.3 is 0 Å². The summed E-state index contributed by atoms with van der Waals surface area (Å²) in [5, 5.41) is 0. The lowest BCUT2D eigenvalue weighted by molar-refractivity contribution is 0.349. The molecule has 90 valence electrons. The molecule has 0 fully saturated rings. The molecule has 0 aromatic heterocycles. The Morgan fingerprint density at radius 3 is 2.00 bits per heavy atom. The van der Waals surface area contributed by atoms with Crippen LogP contribution >= 0.6 is 0 Å². The summed E-state index contributed by atoms with van der Waals surface area (Å²) in [6, 6.07) is 7.20. The van der Waals surface area contributed by atoms with Crippen molar-refractivity contribution in [3.8, 4) is 0 Å². The van der Waals surface area contributed by atoms with E-state index in [0.717, 1.165) is 12.8 Å². The summed E-state index contributed by atoms with van der Waals surface area (Å²) in [6.07, 6.45) is 3.33. The molecule has 16 heavy (non-hydrogen) atoms. The molecule has 2 nitrogen and oxygen atoms in total. The second kappa shape index (κ2) is 4.58. The first-order valence-corrected chi connectivity index (χ1v) is 7.43. The number of hydrogen-bond donors (Lipinski definition) is 0. The van der Waals surface area contributed by atoms with Crippen LogP contribution in [0.4, 0.5) is 0 Å². The van der Waals surface area contributed by atoms with Crippen LogP contribution in [0.15, 0.2) is 29.2 Å². The van der Waals surface area contributed by atoms with Crippen molar-refractivity contribution < 1.29 is 8.42 Å². The normalized spacial score (nSPS) is 12.8. The van der Waals surface area contributed by atoms with Gasteiger partial charge in [-0.25, -0.2) is 8.42 Å². The van der Waals surface area contributed by atoms with Crippen LogP contribution in [-0.2, 0) is 16.3 Å². The molecule has 0 atom stereocenters. The molecule has 0 spiro atoms. The molecular formula is C13H20O2S. The molecule has 3 heteroatoms. The lowest BCUT2D eigenvalue weighted by Gasteiger charge is -2.22. The summed E-state index contributed by atoms with van der Waals surface area (Å²) in [7, 11) is -3.07. The molecule has 0 aliphatic carbocycles. The minimum absolute atomic E-state index is 0.270. The zero-order chi connectivity index (χ0) is 12.4. The van der Waals surface area contributed by atoms with Gasteiger partial charge in [0.2, 0.25) is 0 Å². The highest BCUT2D eigenvalue weighted by molar-refractivity contribution is 7.90. The van der Waals surface area contributed by atoms with Crippen molar-refractivity contribution in [2.75, 3.05) is 6.26 Å². The van der Waals surface area contributed by atoms with Gasteiger partial charge in [-0.3, -0.25) is 0 Å². The van der Waals surface area contributed by atoms with E-state index in [1.165, 1.54) is 11.8 Å². The van der Waals surface area contributed by atoms with E-state index in [1.807, 2.05) is 12.1 Å². The maximum Gasteiger partial charge on any atom is 0.175 e. The van der Waals surface area contributed by atoms with Crippen LogP contribution < -0.4 is 0 Å². The third-order valence-corrected chi connectivity index (χ3v) is 4.12. The second-order valence-corrected chi connectivity index (χ2v) is 7.13. The first kappa shape index (κ1) is 13.2. The van der Waals surface area contributed by atoms with Gasteiger partial charge in [0, 0.05) is 6.26 Å². The summed E-state index contributed by atoms with van der Waals surface area (Å²) in [5.74, 6) is 0. The zero-order valence-electron chi connectivity index (χ0n) is 10.4. The molecule has 0 unspecified atom stereocenters. The number of hydrogen-bond acceptors (Lipinski definition) is 2. The maximum absolute atomic E-state index is 11.3. The van der Waals surface area contributed by atoms with Crippen molar-refractivity contribution in [1.29, 1.82) is 0 Å². The average Bonchev–Trinajstić information content (AvgIpc) is 2.16. The largest absolute Gasteiger partial charge is 0.224 e. The Morgan fingerprint density at radius 2 is 1.62 bits per heavy atom.